The van der Waals surface area contributed by atoms with Crippen LogP contribution in [0.2, 0.25) is 0 Å². The molecule has 1 unspecified atom stereocenters. The molecule has 3 rings (SSSR count). The number of hydrogen-bond acceptors (Lipinski definition) is 5. The second kappa shape index (κ2) is 5.24. The monoisotopic (exact) mass is 271 g/mol. The topological polar surface area (TPSA) is 51.0 Å². The third kappa shape index (κ3) is 2.66. The molecule has 2 heterocycles. The minimum atomic E-state index is 0.292. The summed E-state index contributed by atoms with van der Waals surface area (Å²) in [5, 5.41) is 15.3. The number of nitrogens with one attached hydrogen (secondary N) is 1. The van der Waals surface area contributed by atoms with Crippen LogP contribution in [0.3, 0.4) is 0 Å². The Hall–Kier alpha value is -2.14. The van der Waals surface area contributed by atoms with E-state index in [4.69, 9.17) is 4.42 Å². The van der Waals surface area contributed by atoms with E-state index in [0.29, 0.717) is 11.9 Å². The van der Waals surface area contributed by atoms with Crippen molar-refractivity contribution >= 4 is 17.0 Å². The molecule has 0 saturated carbocycles. The third-order valence-electron chi connectivity index (χ3n) is 2.92. The largest absolute Gasteiger partial charge is 0.423 e. The Morgan fingerprint density at radius 3 is 2.68 bits per heavy atom. The first kappa shape index (κ1) is 11.9. The summed E-state index contributed by atoms with van der Waals surface area (Å²) < 4.78 is 5.16. The van der Waals surface area contributed by atoms with Gasteiger partial charge in [0.15, 0.2) is 0 Å². The van der Waals surface area contributed by atoms with Crippen LogP contribution in [-0.2, 0) is 0 Å². The highest BCUT2D eigenvalue weighted by atomic mass is 32.1. The SMILES string of the molecule is CC(Nc1ccc(-c2nnco2)cc1)c1ccsc1. The first-order valence-electron chi connectivity index (χ1n) is 5.98. The number of benzene rings is 1. The van der Waals surface area contributed by atoms with Crippen LogP contribution in [0.4, 0.5) is 5.69 Å². The van der Waals surface area contributed by atoms with Gasteiger partial charge in [-0.05, 0) is 53.6 Å². The first-order chi connectivity index (χ1) is 9.33. The zero-order valence-corrected chi connectivity index (χ0v) is 11.2. The fourth-order valence-electron chi connectivity index (χ4n) is 1.86. The Labute approximate surface area is 115 Å². The summed E-state index contributed by atoms with van der Waals surface area (Å²) in [7, 11) is 0. The van der Waals surface area contributed by atoms with Crippen molar-refractivity contribution in [2.75, 3.05) is 5.32 Å². The second-order valence-corrected chi connectivity index (χ2v) is 5.02. The molecule has 0 aliphatic rings. The lowest BCUT2D eigenvalue weighted by Gasteiger charge is -2.14. The molecule has 3 aromatic rings. The molecule has 1 aromatic carbocycles. The van der Waals surface area contributed by atoms with Gasteiger partial charge in [0.25, 0.3) is 0 Å². The normalized spacial score (nSPS) is 12.3. The second-order valence-electron chi connectivity index (χ2n) is 4.24. The van der Waals surface area contributed by atoms with Crippen LogP contribution in [0.15, 0.2) is 51.9 Å². The van der Waals surface area contributed by atoms with Crippen LogP contribution in [0.5, 0.6) is 0 Å². The predicted octanol–water partition coefficient (Wildman–Crippen LogP) is 3.97. The van der Waals surface area contributed by atoms with E-state index >= 15 is 0 Å². The molecule has 0 aliphatic carbocycles. The van der Waals surface area contributed by atoms with Gasteiger partial charge in [-0.15, -0.1) is 10.2 Å². The van der Waals surface area contributed by atoms with Crippen molar-refractivity contribution in [3.05, 3.63) is 53.0 Å². The molecule has 2 aromatic heterocycles. The van der Waals surface area contributed by atoms with Crippen molar-refractivity contribution in [3.63, 3.8) is 0 Å². The van der Waals surface area contributed by atoms with Gasteiger partial charge in [-0.3, -0.25) is 0 Å². The molecule has 19 heavy (non-hydrogen) atoms. The van der Waals surface area contributed by atoms with Crippen molar-refractivity contribution in [1.82, 2.24) is 10.2 Å². The molecule has 1 N–H and O–H groups in total. The highest BCUT2D eigenvalue weighted by molar-refractivity contribution is 7.07. The van der Waals surface area contributed by atoms with Crippen molar-refractivity contribution in [3.8, 4) is 11.5 Å². The van der Waals surface area contributed by atoms with Crippen LogP contribution in [-0.4, -0.2) is 10.2 Å². The Morgan fingerprint density at radius 1 is 1.21 bits per heavy atom. The zero-order chi connectivity index (χ0) is 13.1. The van der Waals surface area contributed by atoms with E-state index in [1.807, 2.05) is 24.3 Å². The van der Waals surface area contributed by atoms with Crippen molar-refractivity contribution in [2.24, 2.45) is 0 Å². The molecular weight excluding hydrogens is 258 g/mol. The van der Waals surface area contributed by atoms with Gasteiger partial charge in [0.1, 0.15) is 0 Å². The minimum absolute atomic E-state index is 0.292. The lowest BCUT2D eigenvalue weighted by atomic mass is 10.1. The van der Waals surface area contributed by atoms with E-state index in [9.17, 15) is 0 Å². The lowest BCUT2D eigenvalue weighted by Crippen LogP contribution is -2.05. The Bertz CT molecular complexity index is 617. The van der Waals surface area contributed by atoms with Crippen LogP contribution < -0.4 is 5.32 Å². The highest BCUT2D eigenvalue weighted by Crippen LogP contribution is 2.23. The van der Waals surface area contributed by atoms with Gasteiger partial charge < -0.3 is 9.73 Å². The van der Waals surface area contributed by atoms with E-state index in [1.165, 1.54) is 12.0 Å². The average molecular weight is 271 g/mol. The van der Waals surface area contributed by atoms with E-state index in [2.05, 4.69) is 39.3 Å². The summed E-state index contributed by atoms with van der Waals surface area (Å²) in [5.74, 6) is 0.539. The molecule has 1 atom stereocenters. The van der Waals surface area contributed by atoms with E-state index in [0.717, 1.165) is 11.3 Å². The van der Waals surface area contributed by atoms with Crippen molar-refractivity contribution in [1.29, 1.82) is 0 Å². The average Bonchev–Trinajstić information content (AvgIpc) is 3.13. The number of thiophene rings is 1. The Morgan fingerprint density at radius 2 is 2.05 bits per heavy atom. The van der Waals surface area contributed by atoms with E-state index in [-0.39, 0.29) is 0 Å². The Kier molecular flexibility index (Phi) is 3.29. The van der Waals surface area contributed by atoms with Gasteiger partial charge in [-0.2, -0.15) is 11.3 Å². The van der Waals surface area contributed by atoms with Gasteiger partial charge in [0.2, 0.25) is 12.3 Å². The molecule has 4 nitrogen and oxygen atoms in total. The quantitative estimate of drug-likeness (QED) is 0.780. The maximum Gasteiger partial charge on any atom is 0.247 e. The van der Waals surface area contributed by atoms with Gasteiger partial charge in [0, 0.05) is 17.3 Å². The number of hydrogen-bond donors (Lipinski definition) is 1. The maximum absolute atomic E-state index is 5.16. The molecule has 0 saturated heterocycles. The minimum Gasteiger partial charge on any atom is -0.423 e. The van der Waals surface area contributed by atoms with Crippen LogP contribution in [0, 0.1) is 0 Å². The first-order valence-corrected chi connectivity index (χ1v) is 6.92. The molecule has 0 fully saturated rings. The molecule has 0 spiro atoms. The summed E-state index contributed by atoms with van der Waals surface area (Å²) in [6, 6.07) is 10.4. The van der Waals surface area contributed by atoms with E-state index in [1.54, 1.807) is 11.3 Å². The molecule has 0 radical (unpaired) electrons. The smallest absolute Gasteiger partial charge is 0.247 e. The summed E-state index contributed by atoms with van der Waals surface area (Å²) in [4.78, 5) is 0. The van der Waals surface area contributed by atoms with Crippen molar-refractivity contribution < 1.29 is 4.42 Å². The summed E-state index contributed by atoms with van der Waals surface area (Å²) in [5.41, 5.74) is 3.29. The third-order valence-corrected chi connectivity index (χ3v) is 3.62. The Balaban J connectivity index is 1.73. The van der Waals surface area contributed by atoms with Crippen LogP contribution in [0.1, 0.15) is 18.5 Å². The van der Waals surface area contributed by atoms with Gasteiger partial charge in [0.05, 0.1) is 0 Å². The highest BCUT2D eigenvalue weighted by Gasteiger charge is 2.07. The summed E-state index contributed by atoms with van der Waals surface area (Å²) in [6.45, 7) is 2.15. The molecule has 5 heteroatoms. The van der Waals surface area contributed by atoms with Crippen LogP contribution >= 0.6 is 11.3 Å². The van der Waals surface area contributed by atoms with E-state index < -0.39 is 0 Å². The molecule has 96 valence electrons. The standard InChI is InChI=1S/C14H13N3OS/c1-10(12-6-7-19-8-12)16-13-4-2-11(3-5-13)14-17-15-9-18-14/h2-10,16H,1H3. The summed E-state index contributed by atoms with van der Waals surface area (Å²) >= 11 is 1.71. The fourth-order valence-corrected chi connectivity index (χ4v) is 2.62. The number of rotatable bonds is 4. The lowest BCUT2D eigenvalue weighted by molar-refractivity contribution is 0.568. The predicted molar refractivity (Wildman–Crippen MR) is 76.1 cm³/mol. The number of nitrogens with zero attached hydrogens (tertiary/aromatic N) is 2. The van der Waals surface area contributed by atoms with Gasteiger partial charge in [-0.1, -0.05) is 0 Å². The molecule has 0 bridgehead atoms. The number of aromatic nitrogens is 2. The fraction of sp³-hybridized carbons (Fsp3) is 0.143. The molecular formula is C14H13N3OS. The van der Waals surface area contributed by atoms with Crippen LogP contribution in [0.25, 0.3) is 11.5 Å². The van der Waals surface area contributed by atoms with Crippen molar-refractivity contribution in [2.45, 2.75) is 13.0 Å². The molecule has 0 aliphatic heterocycles. The number of anilines is 1. The summed E-state index contributed by atoms with van der Waals surface area (Å²) in [6.07, 6.45) is 1.33. The molecule has 0 amide bonds. The van der Waals surface area contributed by atoms with Gasteiger partial charge in [-0.25, -0.2) is 0 Å². The zero-order valence-electron chi connectivity index (χ0n) is 10.4. The van der Waals surface area contributed by atoms with Gasteiger partial charge >= 0.3 is 0 Å². The maximum atomic E-state index is 5.16.